The summed E-state index contributed by atoms with van der Waals surface area (Å²) >= 11 is 4.53. The second kappa shape index (κ2) is 6.34. The molecule has 2 rings (SSSR count). The van der Waals surface area contributed by atoms with E-state index in [1.54, 1.807) is 0 Å². The number of benzene rings is 2. The molecule has 98 valence electrons. The van der Waals surface area contributed by atoms with Gasteiger partial charge in [0.15, 0.2) is 0 Å². The van der Waals surface area contributed by atoms with Crippen molar-refractivity contribution in [1.82, 2.24) is 0 Å². The zero-order chi connectivity index (χ0) is 13.7. The van der Waals surface area contributed by atoms with Crippen LogP contribution in [0.2, 0.25) is 0 Å². The van der Waals surface area contributed by atoms with Crippen LogP contribution in [-0.4, -0.2) is 6.54 Å². The lowest BCUT2D eigenvalue weighted by Crippen LogP contribution is -2.00. The Bertz CT molecular complexity index is 559. The van der Waals surface area contributed by atoms with Crippen LogP contribution in [0, 0.1) is 0 Å². The molecule has 0 bridgehead atoms. The molecule has 2 aromatic rings. The topological polar surface area (TPSA) is 38.0 Å². The van der Waals surface area contributed by atoms with Crippen molar-refractivity contribution in [1.29, 1.82) is 0 Å². The first-order valence-corrected chi connectivity index (χ1v) is 6.75. The van der Waals surface area contributed by atoms with E-state index < -0.39 is 0 Å². The standard InChI is InChI=1S/C16H18N2S/c1-2-18-14-10-8-12(9-11-14)15(17)16(19)13-6-4-3-5-7-13/h3-11,18-19H,2,17H2,1H3/b16-15-. The van der Waals surface area contributed by atoms with Gasteiger partial charge in [-0.1, -0.05) is 42.5 Å². The maximum absolute atomic E-state index is 6.18. The van der Waals surface area contributed by atoms with Crippen molar-refractivity contribution in [2.45, 2.75) is 6.92 Å². The highest BCUT2D eigenvalue weighted by Crippen LogP contribution is 2.26. The summed E-state index contributed by atoms with van der Waals surface area (Å²) in [5.41, 5.74) is 9.98. The van der Waals surface area contributed by atoms with Crippen molar-refractivity contribution in [3.8, 4) is 0 Å². The van der Waals surface area contributed by atoms with Crippen molar-refractivity contribution in [2.75, 3.05) is 11.9 Å². The Balaban J connectivity index is 2.30. The predicted octanol–water partition coefficient (Wildman–Crippen LogP) is 3.83. The summed E-state index contributed by atoms with van der Waals surface area (Å²) < 4.78 is 0. The number of hydrogen-bond donors (Lipinski definition) is 3. The lowest BCUT2D eigenvalue weighted by Gasteiger charge is -2.09. The number of thiol groups is 1. The van der Waals surface area contributed by atoms with Crippen molar-refractivity contribution >= 4 is 28.9 Å². The van der Waals surface area contributed by atoms with Gasteiger partial charge in [-0.2, -0.15) is 0 Å². The van der Waals surface area contributed by atoms with Crippen LogP contribution in [0.3, 0.4) is 0 Å². The average Bonchev–Trinajstić information content (AvgIpc) is 2.48. The highest BCUT2D eigenvalue weighted by atomic mass is 32.1. The molecule has 0 saturated carbocycles. The zero-order valence-electron chi connectivity index (χ0n) is 10.9. The van der Waals surface area contributed by atoms with E-state index in [0.29, 0.717) is 5.70 Å². The summed E-state index contributed by atoms with van der Waals surface area (Å²) in [7, 11) is 0. The molecule has 3 heteroatoms. The van der Waals surface area contributed by atoms with E-state index >= 15 is 0 Å². The second-order valence-electron chi connectivity index (χ2n) is 4.24. The first-order valence-electron chi connectivity index (χ1n) is 6.30. The molecule has 0 atom stereocenters. The maximum atomic E-state index is 6.18. The number of nitrogens with one attached hydrogen (secondary N) is 1. The van der Waals surface area contributed by atoms with Crippen LogP contribution in [0.5, 0.6) is 0 Å². The summed E-state index contributed by atoms with van der Waals surface area (Å²) in [5, 5.41) is 3.26. The Kier molecular flexibility index (Phi) is 4.53. The van der Waals surface area contributed by atoms with E-state index in [1.165, 1.54) is 0 Å². The van der Waals surface area contributed by atoms with E-state index in [1.807, 2.05) is 54.6 Å². The van der Waals surface area contributed by atoms with Crippen LogP contribution < -0.4 is 11.1 Å². The maximum Gasteiger partial charge on any atom is 0.0529 e. The third kappa shape index (κ3) is 3.32. The fourth-order valence-corrected chi connectivity index (χ4v) is 2.14. The highest BCUT2D eigenvalue weighted by molar-refractivity contribution is 7.90. The van der Waals surface area contributed by atoms with Crippen LogP contribution in [-0.2, 0) is 0 Å². The van der Waals surface area contributed by atoms with E-state index in [0.717, 1.165) is 28.3 Å². The predicted molar refractivity (Wildman–Crippen MR) is 87.0 cm³/mol. The van der Waals surface area contributed by atoms with E-state index in [9.17, 15) is 0 Å². The molecule has 0 radical (unpaired) electrons. The molecule has 0 heterocycles. The molecule has 0 fully saturated rings. The Hall–Kier alpha value is -1.87. The van der Waals surface area contributed by atoms with Crippen molar-refractivity contribution in [3.05, 3.63) is 65.7 Å². The molecule has 0 unspecified atom stereocenters. The van der Waals surface area contributed by atoms with Crippen molar-refractivity contribution in [3.63, 3.8) is 0 Å². The van der Waals surface area contributed by atoms with Gasteiger partial charge in [-0.15, -0.1) is 12.6 Å². The molecule has 0 saturated heterocycles. The molecule has 0 amide bonds. The van der Waals surface area contributed by atoms with Gasteiger partial charge in [-0.25, -0.2) is 0 Å². The summed E-state index contributed by atoms with van der Waals surface area (Å²) in [6, 6.07) is 18.0. The Morgan fingerprint density at radius 1 is 1.00 bits per heavy atom. The minimum absolute atomic E-state index is 0.692. The third-order valence-electron chi connectivity index (χ3n) is 2.88. The van der Waals surface area contributed by atoms with Gasteiger partial charge in [-0.3, -0.25) is 0 Å². The first-order chi connectivity index (χ1) is 9.22. The molecule has 2 aromatic carbocycles. The van der Waals surface area contributed by atoms with Gasteiger partial charge in [-0.05, 0) is 30.2 Å². The van der Waals surface area contributed by atoms with Crippen molar-refractivity contribution < 1.29 is 0 Å². The summed E-state index contributed by atoms with van der Waals surface area (Å²) in [4.78, 5) is 0.803. The van der Waals surface area contributed by atoms with Crippen molar-refractivity contribution in [2.24, 2.45) is 5.73 Å². The number of hydrogen-bond acceptors (Lipinski definition) is 3. The third-order valence-corrected chi connectivity index (χ3v) is 3.38. The van der Waals surface area contributed by atoms with Gasteiger partial charge in [0, 0.05) is 17.1 Å². The molecular formula is C16H18N2S. The van der Waals surface area contributed by atoms with Crippen LogP contribution in [0.4, 0.5) is 5.69 Å². The molecule has 2 nitrogen and oxygen atoms in total. The fourth-order valence-electron chi connectivity index (χ4n) is 1.86. The Morgan fingerprint density at radius 3 is 2.21 bits per heavy atom. The average molecular weight is 270 g/mol. The Morgan fingerprint density at radius 2 is 1.63 bits per heavy atom. The zero-order valence-corrected chi connectivity index (χ0v) is 11.8. The molecule has 0 aliphatic heterocycles. The largest absolute Gasteiger partial charge is 0.397 e. The molecule has 0 aliphatic carbocycles. The highest BCUT2D eigenvalue weighted by Gasteiger charge is 2.04. The number of rotatable bonds is 4. The summed E-state index contributed by atoms with van der Waals surface area (Å²) in [6.07, 6.45) is 0. The van der Waals surface area contributed by atoms with Gasteiger partial charge in [0.05, 0.1) is 5.70 Å². The van der Waals surface area contributed by atoms with Crippen LogP contribution in [0.1, 0.15) is 18.1 Å². The molecule has 0 spiro atoms. The minimum Gasteiger partial charge on any atom is -0.397 e. The lowest BCUT2D eigenvalue weighted by molar-refractivity contribution is 1.21. The minimum atomic E-state index is 0.692. The van der Waals surface area contributed by atoms with Gasteiger partial charge in [0.1, 0.15) is 0 Å². The quantitative estimate of drug-likeness (QED) is 0.583. The molecule has 0 aliphatic rings. The molecular weight excluding hydrogens is 252 g/mol. The SMILES string of the molecule is CCNc1ccc(/C(N)=C(/S)c2ccccc2)cc1. The summed E-state index contributed by atoms with van der Waals surface area (Å²) in [5.74, 6) is 0. The number of anilines is 1. The Labute approximate surface area is 119 Å². The number of nitrogens with two attached hydrogens (primary N) is 1. The summed E-state index contributed by atoms with van der Waals surface area (Å²) in [6.45, 7) is 2.98. The van der Waals surface area contributed by atoms with Crippen LogP contribution in [0.25, 0.3) is 10.6 Å². The fraction of sp³-hybridized carbons (Fsp3) is 0.125. The second-order valence-corrected chi connectivity index (χ2v) is 4.68. The molecule has 0 aromatic heterocycles. The van der Waals surface area contributed by atoms with E-state index in [-0.39, 0.29) is 0 Å². The van der Waals surface area contributed by atoms with Gasteiger partial charge >= 0.3 is 0 Å². The van der Waals surface area contributed by atoms with E-state index in [4.69, 9.17) is 5.73 Å². The monoisotopic (exact) mass is 270 g/mol. The van der Waals surface area contributed by atoms with Gasteiger partial charge in [0.2, 0.25) is 0 Å². The first kappa shape index (κ1) is 13.6. The van der Waals surface area contributed by atoms with Crippen LogP contribution >= 0.6 is 12.6 Å². The van der Waals surface area contributed by atoms with Gasteiger partial charge < -0.3 is 11.1 Å². The normalized spacial score (nSPS) is 11.9. The van der Waals surface area contributed by atoms with E-state index in [2.05, 4.69) is 24.9 Å². The van der Waals surface area contributed by atoms with Crippen LogP contribution in [0.15, 0.2) is 54.6 Å². The molecule has 3 N–H and O–H groups in total. The smallest absolute Gasteiger partial charge is 0.0529 e. The lowest BCUT2D eigenvalue weighted by atomic mass is 10.1. The molecule has 19 heavy (non-hydrogen) atoms. The van der Waals surface area contributed by atoms with Gasteiger partial charge in [0.25, 0.3) is 0 Å².